The van der Waals surface area contributed by atoms with Crippen LogP contribution in [0.4, 0.5) is 5.69 Å². The van der Waals surface area contributed by atoms with Crippen molar-refractivity contribution >= 4 is 27.3 Å². The van der Waals surface area contributed by atoms with Gasteiger partial charge in [0.15, 0.2) is 9.84 Å². The molecule has 1 atom stereocenters. The van der Waals surface area contributed by atoms with Gasteiger partial charge < -0.3 is 10.2 Å². The van der Waals surface area contributed by atoms with Crippen LogP contribution >= 0.6 is 0 Å². The number of benzene rings is 1. The van der Waals surface area contributed by atoms with Crippen LogP contribution in [0.15, 0.2) is 48.7 Å². The summed E-state index contributed by atoms with van der Waals surface area (Å²) < 4.78 is 23.2. The molecule has 1 aliphatic rings. The van der Waals surface area contributed by atoms with E-state index in [2.05, 4.69) is 10.3 Å². The summed E-state index contributed by atoms with van der Waals surface area (Å²) in [6.07, 6.45) is 1.82. The third-order valence-electron chi connectivity index (χ3n) is 4.35. The highest BCUT2D eigenvalue weighted by atomic mass is 32.2. The van der Waals surface area contributed by atoms with Crippen LogP contribution in [0.3, 0.4) is 0 Å². The highest BCUT2D eigenvalue weighted by Gasteiger charge is 2.33. The zero-order valence-electron chi connectivity index (χ0n) is 14.3. The number of aromatic nitrogens is 1. The monoisotopic (exact) mass is 373 g/mol. The lowest BCUT2D eigenvalue weighted by Gasteiger charge is -2.23. The molecule has 0 saturated carbocycles. The fraction of sp³-hybridized carbons (Fsp3) is 0.278. The number of hydrogen-bond donors (Lipinski definition) is 1. The van der Waals surface area contributed by atoms with E-state index in [1.54, 1.807) is 31.3 Å². The highest BCUT2D eigenvalue weighted by molar-refractivity contribution is 7.91. The van der Waals surface area contributed by atoms with Crippen molar-refractivity contribution in [1.29, 1.82) is 0 Å². The zero-order chi connectivity index (χ0) is 18.7. The Morgan fingerprint density at radius 2 is 1.92 bits per heavy atom. The predicted molar refractivity (Wildman–Crippen MR) is 97.8 cm³/mol. The van der Waals surface area contributed by atoms with Gasteiger partial charge >= 0.3 is 0 Å². The number of anilines is 1. The van der Waals surface area contributed by atoms with E-state index in [0.29, 0.717) is 17.7 Å². The minimum Gasteiger partial charge on any atom is -0.338 e. The minimum absolute atomic E-state index is 0.0261. The van der Waals surface area contributed by atoms with E-state index in [-0.39, 0.29) is 29.1 Å². The third kappa shape index (κ3) is 4.08. The van der Waals surface area contributed by atoms with E-state index in [4.69, 9.17) is 0 Å². The lowest BCUT2D eigenvalue weighted by molar-refractivity contribution is 0.0747. The molecule has 1 aromatic heterocycles. The number of rotatable bonds is 4. The molecule has 1 fully saturated rings. The van der Waals surface area contributed by atoms with Gasteiger partial charge in [0, 0.05) is 30.5 Å². The van der Waals surface area contributed by atoms with Gasteiger partial charge in [0.1, 0.15) is 5.69 Å². The molecule has 0 aliphatic carbocycles. The van der Waals surface area contributed by atoms with E-state index in [0.717, 1.165) is 0 Å². The lowest BCUT2D eigenvalue weighted by atomic mass is 10.1. The van der Waals surface area contributed by atoms with Crippen LogP contribution in [0.5, 0.6) is 0 Å². The number of sulfone groups is 1. The van der Waals surface area contributed by atoms with Crippen LogP contribution < -0.4 is 5.32 Å². The summed E-state index contributed by atoms with van der Waals surface area (Å²) in [5, 5.41) is 2.71. The molecule has 0 spiro atoms. The fourth-order valence-electron chi connectivity index (χ4n) is 2.85. The standard InChI is InChI=1S/C18H19N3O4S/c1-21(15-8-10-26(24,25)12-15)18(23)13-7-9-19-16(11-13)17(22)20-14-5-3-2-4-6-14/h2-7,9,11,15H,8,10,12H2,1H3,(H,20,22). The summed E-state index contributed by atoms with van der Waals surface area (Å²) in [4.78, 5) is 30.4. The Hall–Kier alpha value is -2.74. The molecular weight excluding hydrogens is 354 g/mol. The fourth-order valence-corrected chi connectivity index (χ4v) is 4.63. The maximum absolute atomic E-state index is 12.6. The molecule has 1 aromatic carbocycles. The Morgan fingerprint density at radius 1 is 1.19 bits per heavy atom. The van der Waals surface area contributed by atoms with Gasteiger partial charge in [0.05, 0.1) is 11.5 Å². The molecule has 1 aliphatic heterocycles. The first kappa shape index (κ1) is 18.1. The number of carbonyl (C=O) groups is 2. The molecule has 2 amide bonds. The molecular formula is C18H19N3O4S. The molecule has 1 unspecified atom stereocenters. The van der Waals surface area contributed by atoms with E-state index in [1.807, 2.05) is 6.07 Å². The summed E-state index contributed by atoms with van der Waals surface area (Å²) in [5.74, 6) is -0.682. The Bertz CT molecular complexity index is 928. The van der Waals surface area contributed by atoms with E-state index < -0.39 is 15.7 Å². The third-order valence-corrected chi connectivity index (χ3v) is 6.10. The van der Waals surface area contributed by atoms with Crippen LogP contribution in [0.1, 0.15) is 27.3 Å². The van der Waals surface area contributed by atoms with Gasteiger partial charge in [-0.15, -0.1) is 0 Å². The normalized spacial score (nSPS) is 18.3. The maximum Gasteiger partial charge on any atom is 0.274 e. The number of carbonyl (C=O) groups excluding carboxylic acids is 2. The molecule has 2 aromatic rings. The summed E-state index contributed by atoms with van der Waals surface area (Å²) in [6, 6.07) is 11.5. The Balaban J connectivity index is 1.74. The highest BCUT2D eigenvalue weighted by Crippen LogP contribution is 2.19. The number of para-hydroxylation sites is 1. The molecule has 136 valence electrons. The largest absolute Gasteiger partial charge is 0.338 e. The summed E-state index contributed by atoms with van der Waals surface area (Å²) in [7, 11) is -1.50. The Morgan fingerprint density at radius 3 is 2.58 bits per heavy atom. The van der Waals surface area contributed by atoms with Gasteiger partial charge in [-0.1, -0.05) is 18.2 Å². The Kier molecular flexibility index (Phi) is 5.03. The van der Waals surface area contributed by atoms with Crippen LogP contribution in [-0.4, -0.2) is 54.7 Å². The molecule has 1 saturated heterocycles. The maximum atomic E-state index is 12.6. The first-order chi connectivity index (χ1) is 12.4. The number of amides is 2. The summed E-state index contributed by atoms with van der Waals surface area (Å²) >= 11 is 0. The van der Waals surface area contributed by atoms with Crippen molar-refractivity contribution in [3.8, 4) is 0 Å². The van der Waals surface area contributed by atoms with Crippen LogP contribution in [0.2, 0.25) is 0 Å². The summed E-state index contributed by atoms with van der Waals surface area (Å²) in [5.41, 5.74) is 1.04. The van der Waals surface area contributed by atoms with Crippen molar-refractivity contribution in [3.05, 3.63) is 59.9 Å². The van der Waals surface area contributed by atoms with Crippen molar-refractivity contribution in [2.24, 2.45) is 0 Å². The quantitative estimate of drug-likeness (QED) is 0.878. The average Bonchev–Trinajstić information content (AvgIpc) is 3.01. The van der Waals surface area contributed by atoms with Gasteiger partial charge in [0.25, 0.3) is 11.8 Å². The molecule has 7 nitrogen and oxygen atoms in total. The molecule has 0 radical (unpaired) electrons. The summed E-state index contributed by atoms with van der Waals surface area (Å²) in [6.45, 7) is 0. The second-order valence-corrected chi connectivity index (χ2v) is 8.45. The van der Waals surface area contributed by atoms with Gasteiger partial charge in [0.2, 0.25) is 0 Å². The molecule has 1 N–H and O–H groups in total. The number of nitrogens with one attached hydrogen (secondary N) is 1. The molecule has 3 rings (SSSR count). The van der Waals surface area contributed by atoms with Crippen molar-refractivity contribution in [2.45, 2.75) is 12.5 Å². The molecule has 2 heterocycles. The van der Waals surface area contributed by atoms with Crippen molar-refractivity contribution in [2.75, 3.05) is 23.9 Å². The van der Waals surface area contributed by atoms with Gasteiger partial charge in [-0.25, -0.2) is 8.42 Å². The number of pyridine rings is 1. The minimum atomic E-state index is -3.08. The SMILES string of the molecule is CN(C(=O)c1ccnc(C(=O)Nc2ccccc2)c1)C1CCS(=O)(=O)C1. The van der Waals surface area contributed by atoms with E-state index in [1.165, 1.54) is 23.2 Å². The second-order valence-electron chi connectivity index (χ2n) is 6.22. The van der Waals surface area contributed by atoms with Gasteiger partial charge in [-0.2, -0.15) is 0 Å². The van der Waals surface area contributed by atoms with Gasteiger partial charge in [-0.3, -0.25) is 14.6 Å². The van der Waals surface area contributed by atoms with E-state index in [9.17, 15) is 18.0 Å². The first-order valence-corrected chi connectivity index (χ1v) is 9.98. The number of nitrogens with zero attached hydrogens (tertiary/aromatic N) is 2. The Labute approximate surface area is 152 Å². The van der Waals surface area contributed by atoms with Crippen LogP contribution in [-0.2, 0) is 9.84 Å². The van der Waals surface area contributed by atoms with Crippen molar-refractivity contribution in [1.82, 2.24) is 9.88 Å². The van der Waals surface area contributed by atoms with Crippen molar-refractivity contribution in [3.63, 3.8) is 0 Å². The van der Waals surface area contributed by atoms with Crippen LogP contribution in [0.25, 0.3) is 0 Å². The number of hydrogen-bond acceptors (Lipinski definition) is 5. The van der Waals surface area contributed by atoms with Gasteiger partial charge in [-0.05, 0) is 30.7 Å². The predicted octanol–water partition coefficient (Wildman–Crippen LogP) is 1.59. The molecule has 8 heteroatoms. The zero-order valence-corrected chi connectivity index (χ0v) is 15.1. The average molecular weight is 373 g/mol. The smallest absolute Gasteiger partial charge is 0.274 e. The molecule has 26 heavy (non-hydrogen) atoms. The van der Waals surface area contributed by atoms with E-state index >= 15 is 0 Å². The first-order valence-electron chi connectivity index (χ1n) is 8.16. The second kappa shape index (κ2) is 7.25. The molecule has 0 bridgehead atoms. The van der Waals surface area contributed by atoms with Crippen LogP contribution in [0, 0.1) is 0 Å². The lowest BCUT2D eigenvalue weighted by Crippen LogP contribution is -2.38. The topological polar surface area (TPSA) is 96.4 Å². The van der Waals surface area contributed by atoms with Crippen molar-refractivity contribution < 1.29 is 18.0 Å².